The second-order valence-electron chi connectivity index (χ2n) is 5.17. The van der Waals surface area contributed by atoms with Crippen LogP contribution in [0.25, 0.3) is 5.69 Å². The van der Waals surface area contributed by atoms with E-state index in [1.54, 1.807) is 24.9 Å². The Morgan fingerprint density at radius 2 is 2.29 bits per heavy atom. The Hall–Kier alpha value is -2.55. The van der Waals surface area contributed by atoms with Crippen molar-refractivity contribution in [2.45, 2.75) is 17.3 Å². The number of carbonyl (C=O) groups excluding carboxylic acids is 2. The molecule has 1 atom stereocenters. The van der Waals surface area contributed by atoms with E-state index < -0.39 is 5.25 Å². The van der Waals surface area contributed by atoms with Crippen molar-refractivity contribution in [1.29, 1.82) is 0 Å². The van der Waals surface area contributed by atoms with Crippen LogP contribution in [0.15, 0.2) is 35.7 Å². The number of aromatic nitrogens is 3. The van der Waals surface area contributed by atoms with Crippen LogP contribution < -0.4 is 10.1 Å². The van der Waals surface area contributed by atoms with E-state index in [4.69, 9.17) is 4.74 Å². The third-order valence-corrected chi connectivity index (χ3v) is 4.65. The molecule has 3 amide bonds. The van der Waals surface area contributed by atoms with Gasteiger partial charge in [0.25, 0.3) is 0 Å². The van der Waals surface area contributed by atoms with Crippen molar-refractivity contribution in [3.05, 3.63) is 30.6 Å². The van der Waals surface area contributed by atoms with E-state index >= 15 is 0 Å². The highest BCUT2D eigenvalue weighted by Gasteiger charge is 2.31. The highest BCUT2D eigenvalue weighted by Crippen LogP contribution is 2.26. The molecule has 1 aliphatic heterocycles. The van der Waals surface area contributed by atoms with Crippen molar-refractivity contribution in [2.75, 3.05) is 20.2 Å². The Morgan fingerprint density at radius 1 is 1.46 bits per heavy atom. The maximum absolute atomic E-state index is 12.4. The third kappa shape index (κ3) is 3.21. The zero-order valence-electron chi connectivity index (χ0n) is 13.3. The average molecular weight is 347 g/mol. The quantitative estimate of drug-likeness (QED) is 0.820. The molecule has 1 aromatic heterocycles. The molecule has 1 aromatic carbocycles. The molecule has 1 fully saturated rings. The third-order valence-electron chi connectivity index (χ3n) is 3.60. The lowest BCUT2D eigenvalue weighted by Crippen LogP contribution is -2.39. The lowest BCUT2D eigenvalue weighted by atomic mass is 10.3. The smallest absolute Gasteiger partial charge is 0.324 e. The maximum Gasteiger partial charge on any atom is 0.324 e. The Labute approximate surface area is 143 Å². The summed E-state index contributed by atoms with van der Waals surface area (Å²) in [5.74, 6) is 0.477. The van der Waals surface area contributed by atoms with Crippen LogP contribution in [0.4, 0.5) is 4.79 Å². The molecule has 0 bridgehead atoms. The standard InChI is InChI=1S/C15H17N5O3S/c1-10(13(21)19-7-6-16-14(19)22)24-15-18-17-9-20(15)11-4-3-5-12(8-11)23-2/h3-5,8-10H,6-7H2,1-2H3,(H,16,22). The minimum Gasteiger partial charge on any atom is -0.497 e. The summed E-state index contributed by atoms with van der Waals surface area (Å²) >= 11 is 1.26. The number of hydrogen-bond acceptors (Lipinski definition) is 6. The van der Waals surface area contributed by atoms with Crippen molar-refractivity contribution in [3.8, 4) is 11.4 Å². The number of hydrogen-bond donors (Lipinski definition) is 1. The van der Waals surface area contributed by atoms with Crippen molar-refractivity contribution in [2.24, 2.45) is 0 Å². The molecule has 1 saturated heterocycles. The summed E-state index contributed by atoms with van der Waals surface area (Å²) < 4.78 is 7.00. The number of rotatable bonds is 5. The molecule has 0 spiro atoms. The molecule has 126 valence electrons. The fourth-order valence-electron chi connectivity index (χ4n) is 2.35. The summed E-state index contributed by atoms with van der Waals surface area (Å²) in [6.07, 6.45) is 1.58. The van der Waals surface area contributed by atoms with Gasteiger partial charge in [0, 0.05) is 19.2 Å². The summed E-state index contributed by atoms with van der Waals surface area (Å²) in [6.45, 7) is 2.64. The fourth-order valence-corrected chi connectivity index (χ4v) is 3.26. The number of amides is 3. The van der Waals surface area contributed by atoms with Gasteiger partial charge in [0.05, 0.1) is 18.0 Å². The first-order valence-corrected chi connectivity index (χ1v) is 8.28. The number of nitrogens with zero attached hydrogens (tertiary/aromatic N) is 4. The minimum absolute atomic E-state index is 0.241. The summed E-state index contributed by atoms with van der Waals surface area (Å²) in [5.41, 5.74) is 0.834. The van der Waals surface area contributed by atoms with Crippen LogP contribution in [0.2, 0.25) is 0 Å². The number of imide groups is 1. The van der Waals surface area contributed by atoms with Gasteiger partial charge in [-0.25, -0.2) is 4.79 Å². The van der Waals surface area contributed by atoms with E-state index in [2.05, 4.69) is 15.5 Å². The number of methoxy groups -OCH3 is 1. The zero-order valence-corrected chi connectivity index (χ0v) is 14.1. The summed E-state index contributed by atoms with van der Waals surface area (Å²) in [6, 6.07) is 7.12. The largest absolute Gasteiger partial charge is 0.497 e. The van der Waals surface area contributed by atoms with Crippen LogP contribution in [0.5, 0.6) is 5.75 Å². The second-order valence-corrected chi connectivity index (χ2v) is 6.47. The number of carbonyl (C=O) groups is 2. The Balaban J connectivity index is 1.77. The molecule has 2 aromatic rings. The molecule has 1 aliphatic rings. The molecule has 0 aliphatic carbocycles. The highest BCUT2D eigenvalue weighted by atomic mass is 32.2. The van der Waals surface area contributed by atoms with Crippen molar-refractivity contribution in [1.82, 2.24) is 25.0 Å². The Bertz CT molecular complexity index is 763. The molecular formula is C15H17N5O3S. The number of thioether (sulfide) groups is 1. The summed E-state index contributed by atoms with van der Waals surface area (Å²) in [7, 11) is 1.60. The second kappa shape index (κ2) is 6.91. The molecule has 2 heterocycles. The van der Waals surface area contributed by atoms with E-state index in [-0.39, 0.29) is 11.9 Å². The number of ether oxygens (including phenoxy) is 1. The molecule has 8 nitrogen and oxygen atoms in total. The lowest BCUT2D eigenvalue weighted by Gasteiger charge is -2.17. The van der Waals surface area contributed by atoms with Gasteiger partial charge in [-0.2, -0.15) is 0 Å². The van der Waals surface area contributed by atoms with E-state index in [0.717, 1.165) is 11.4 Å². The van der Waals surface area contributed by atoms with Crippen LogP contribution in [0.1, 0.15) is 6.92 Å². The van der Waals surface area contributed by atoms with Gasteiger partial charge in [-0.15, -0.1) is 10.2 Å². The molecule has 9 heteroatoms. The van der Waals surface area contributed by atoms with Gasteiger partial charge in [-0.1, -0.05) is 17.8 Å². The molecule has 24 heavy (non-hydrogen) atoms. The molecular weight excluding hydrogens is 330 g/mol. The van der Waals surface area contributed by atoms with E-state index in [9.17, 15) is 9.59 Å². The fraction of sp³-hybridized carbons (Fsp3) is 0.333. The van der Waals surface area contributed by atoms with Crippen molar-refractivity contribution < 1.29 is 14.3 Å². The van der Waals surface area contributed by atoms with Crippen molar-refractivity contribution >= 4 is 23.7 Å². The monoisotopic (exact) mass is 347 g/mol. The summed E-state index contributed by atoms with van der Waals surface area (Å²) in [5, 5.41) is 10.7. The van der Waals surface area contributed by atoms with Gasteiger partial charge in [-0.3, -0.25) is 14.3 Å². The predicted molar refractivity (Wildman–Crippen MR) is 88.3 cm³/mol. The molecule has 1 unspecified atom stereocenters. The summed E-state index contributed by atoms with van der Waals surface area (Å²) in [4.78, 5) is 25.2. The normalized spacial score (nSPS) is 15.2. The molecule has 3 rings (SSSR count). The van der Waals surface area contributed by atoms with Gasteiger partial charge in [0.15, 0.2) is 5.16 Å². The predicted octanol–water partition coefficient (Wildman–Crippen LogP) is 1.31. The Morgan fingerprint density at radius 3 is 3.00 bits per heavy atom. The van der Waals surface area contributed by atoms with Crippen LogP contribution in [-0.2, 0) is 4.79 Å². The van der Waals surface area contributed by atoms with Gasteiger partial charge >= 0.3 is 6.03 Å². The van der Waals surface area contributed by atoms with Gasteiger partial charge < -0.3 is 10.1 Å². The van der Waals surface area contributed by atoms with Gasteiger partial charge in [0.2, 0.25) is 5.91 Å². The van der Waals surface area contributed by atoms with Gasteiger partial charge in [-0.05, 0) is 19.1 Å². The topological polar surface area (TPSA) is 89.3 Å². The molecule has 1 N–H and O–H groups in total. The molecule has 0 saturated carbocycles. The highest BCUT2D eigenvalue weighted by molar-refractivity contribution is 8.00. The number of urea groups is 1. The van der Waals surface area contributed by atoms with E-state index in [0.29, 0.717) is 18.2 Å². The van der Waals surface area contributed by atoms with Crippen LogP contribution in [0.3, 0.4) is 0 Å². The van der Waals surface area contributed by atoms with Crippen molar-refractivity contribution in [3.63, 3.8) is 0 Å². The van der Waals surface area contributed by atoms with Gasteiger partial charge in [0.1, 0.15) is 12.1 Å². The zero-order chi connectivity index (χ0) is 17.1. The first kappa shape index (κ1) is 16.3. The maximum atomic E-state index is 12.4. The van der Waals surface area contributed by atoms with Crippen LogP contribution in [-0.4, -0.2) is 57.1 Å². The lowest BCUT2D eigenvalue weighted by molar-refractivity contribution is -0.126. The number of benzene rings is 1. The van der Waals surface area contributed by atoms with Crippen LogP contribution >= 0.6 is 11.8 Å². The first-order chi connectivity index (χ1) is 11.6. The number of nitrogens with one attached hydrogen (secondary N) is 1. The van der Waals surface area contributed by atoms with E-state index in [1.165, 1.54) is 16.7 Å². The minimum atomic E-state index is -0.456. The average Bonchev–Trinajstić information content (AvgIpc) is 3.23. The molecule has 0 radical (unpaired) electrons. The van der Waals surface area contributed by atoms with Crippen LogP contribution in [0, 0.1) is 0 Å². The Kier molecular flexibility index (Phi) is 4.70. The first-order valence-electron chi connectivity index (χ1n) is 7.40. The SMILES string of the molecule is COc1cccc(-n2cnnc2SC(C)C(=O)N2CCNC2=O)c1. The van der Waals surface area contributed by atoms with E-state index in [1.807, 2.05) is 24.3 Å².